The van der Waals surface area contributed by atoms with Crippen LogP contribution in [0.2, 0.25) is 0 Å². The number of aromatic nitrogens is 2. The number of nitrogens with one attached hydrogen (secondary N) is 1. The highest BCUT2D eigenvalue weighted by Gasteiger charge is 2.10. The van der Waals surface area contributed by atoms with Crippen LogP contribution < -0.4 is 5.32 Å². The second-order valence-corrected chi connectivity index (χ2v) is 4.95. The highest BCUT2D eigenvalue weighted by molar-refractivity contribution is 14.1. The Hall–Kier alpha value is -1.37. The molecule has 2 N–H and O–H groups in total. The maximum absolute atomic E-state index is 9.50. The third-order valence-corrected chi connectivity index (χ3v) is 3.76. The first-order valence-electron chi connectivity index (χ1n) is 5.69. The summed E-state index contributed by atoms with van der Waals surface area (Å²) < 4.78 is 1.03. The van der Waals surface area contributed by atoms with Crippen molar-refractivity contribution in [2.45, 2.75) is 13.8 Å². The van der Waals surface area contributed by atoms with Crippen molar-refractivity contribution in [3.8, 4) is 17.1 Å². The number of phenols is 1. The summed E-state index contributed by atoms with van der Waals surface area (Å²) >= 11 is 2.23. The number of rotatable bonds is 3. The molecule has 1 aromatic carbocycles. The topological polar surface area (TPSA) is 58.0 Å². The van der Waals surface area contributed by atoms with Crippen molar-refractivity contribution in [1.82, 2.24) is 9.97 Å². The van der Waals surface area contributed by atoms with Crippen molar-refractivity contribution < 1.29 is 5.11 Å². The fraction of sp³-hybridized carbons (Fsp3) is 0.231. The van der Waals surface area contributed by atoms with E-state index < -0.39 is 0 Å². The van der Waals surface area contributed by atoms with E-state index in [1.807, 2.05) is 19.9 Å². The Kier molecular flexibility index (Phi) is 4.00. The monoisotopic (exact) mass is 355 g/mol. The summed E-state index contributed by atoms with van der Waals surface area (Å²) in [5, 5.41) is 12.7. The van der Waals surface area contributed by atoms with Crippen LogP contribution in [0.5, 0.6) is 5.75 Å². The van der Waals surface area contributed by atoms with E-state index >= 15 is 0 Å². The SMILES string of the molecule is CCNc1nc(-c2cccc(O)c2)nc(C)c1I. The molecule has 0 saturated heterocycles. The number of aryl methyl sites for hydroxylation is 1. The lowest BCUT2D eigenvalue weighted by Crippen LogP contribution is -2.06. The number of anilines is 1. The van der Waals surface area contributed by atoms with Gasteiger partial charge in [-0.2, -0.15) is 0 Å². The number of nitrogens with zero attached hydrogens (tertiary/aromatic N) is 2. The first kappa shape index (κ1) is 13.1. The molecule has 0 unspecified atom stereocenters. The molecule has 2 rings (SSSR count). The van der Waals surface area contributed by atoms with Crippen LogP contribution in [0.15, 0.2) is 24.3 Å². The number of halogens is 1. The second kappa shape index (κ2) is 5.51. The van der Waals surface area contributed by atoms with Crippen LogP contribution >= 0.6 is 22.6 Å². The molecular weight excluding hydrogens is 341 g/mol. The Labute approximate surface area is 120 Å². The Morgan fingerprint density at radius 2 is 2.11 bits per heavy atom. The Bertz CT molecular complexity index is 572. The van der Waals surface area contributed by atoms with Gasteiger partial charge in [-0.3, -0.25) is 0 Å². The summed E-state index contributed by atoms with van der Waals surface area (Å²) in [6.45, 7) is 4.80. The van der Waals surface area contributed by atoms with Gasteiger partial charge in [0.15, 0.2) is 5.82 Å². The number of hydrogen-bond acceptors (Lipinski definition) is 4. The fourth-order valence-electron chi connectivity index (χ4n) is 1.62. The van der Waals surface area contributed by atoms with Gasteiger partial charge in [-0.15, -0.1) is 0 Å². The van der Waals surface area contributed by atoms with E-state index in [4.69, 9.17) is 0 Å². The minimum absolute atomic E-state index is 0.220. The van der Waals surface area contributed by atoms with Crippen LogP contribution in [0.25, 0.3) is 11.4 Å². The van der Waals surface area contributed by atoms with Crippen LogP contribution in [0.4, 0.5) is 5.82 Å². The van der Waals surface area contributed by atoms with Gasteiger partial charge >= 0.3 is 0 Å². The molecule has 0 atom stereocenters. The molecule has 0 amide bonds. The average Bonchev–Trinajstić information content (AvgIpc) is 2.35. The molecule has 1 aromatic heterocycles. The Balaban J connectivity index is 2.51. The minimum Gasteiger partial charge on any atom is -0.508 e. The molecule has 0 aliphatic carbocycles. The zero-order valence-electron chi connectivity index (χ0n) is 10.2. The number of phenolic OH excluding ortho intramolecular Hbond substituents is 1. The van der Waals surface area contributed by atoms with Crippen molar-refractivity contribution in [2.75, 3.05) is 11.9 Å². The molecule has 0 radical (unpaired) electrons. The van der Waals surface area contributed by atoms with E-state index in [0.29, 0.717) is 5.82 Å². The molecule has 1 heterocycles. The van der Waals surface area contributed by atoms with Crippen LogP contribution in [0.1, 0.15) is 12.6 Å². The predicted molar refractivity (Wildman–Crippen MR) is 80.8 cm³/mol. The molecule has 94 valence electrons. The zero-order valence-corrected chi connectivity index (χ0v) is 12.4. The van der Waals surface area contributed by atoms with E-state index in [2.05, 4.69) is 37.9 Å². The van der Waals surface area contributed by atoms with Crippen LogP contribution in [-0.2, 0) is 0 Å². The van der Waals surface area contributed by atoms with E-state index in [-0.39, 0.29) is 5.75 Å². The van der Waals surface area contributed by atoms with Gasteiger partial charge in [0.2, 0.25) is 0 Å². The van der Waals surface area contributed by atoms with Gasteiger partial charge < -0.3 is 10.4 Å². The van der Waals surface area contributed by atoms with Crippen molar-refractivity contribution in [3.05, 3.63) is 33.5 Å². The van der Waals surface area contributed by atoms with Gasteiger partial charge in [-0.05, 0) is 48.6 Å². The molecule has 2 aromatic rings. The third kappa shape index (κ3) is 2.72. The molecule has 0 aliphatic heterocycles. The first-order valence-corrected chi connectivity index (χ1v) is 6.77. The molecule has 0 spiro atoms. The van der Waals surface area contributed by atoms with Crippen molar-refractivity contribution in [1.29, 1.82) is 0 Å². The van der Waals surface area contributed by atoms with Gasteiger partial charge in [0.05, 0.1) is 9.26 Å². The molecule has 4 nitrogen and oxygen atoms in total. The highest BCUT2D eigenvalue weighted by atomic mass is 127. The van der Waals surface area contributed by atoms with Crippen LogP contribution in [0, 0.1) is 10.5 Å². The maximum atomic E-state index is 9.50. The molecular formula is C13H14IN3O. The van der Waals surface area contributed by atoms with Gasteiger partial charge in [0.1, 0.15) is 11.6 Å². The van der Waals surface area contributed by atoms with Crippen molar-refractivity contribution in [3.63, 3.8) is 0 Å². The van der Waals surface area contributed by atoms with Gasteiger partial charge in [0, 0.05) is 12.1 Å². The summed E-state index contributed by atoms with van der Waals surface area (Å²) in [4.78, 5) is 8.95. The second-order valence-electron chi connectivity index (χ2n) is 3.88. The normalized spacial score (nSPS) is 10.4. The van der Waals surface area contributed by atoms with Gasteiger partial charge in [-0.25, -0.2) is 9.97 Å². The molecule has 18 heavy (non-hydrogen) atoms. The molecule has 0 aliphatic rings. The number of benzene rings is 1. The van der Waals surface area contributed by atoms with E-state index in [0.717, 1.165) is 27.2 Å². The van der Waals surface area contributed by atoms with Crippen LogP contribution in [-0.4, -0.2) is 21.6 Å². The number of aromatic hydroxyl groups is 1. The zero-order chi connectivity index (χ0) is 13.1. The first-order chi connectivity index (χ1) is 8.61. The van der Waals surface area contributed by atoms with Crippen LogP contribution in [0.3, 0.4) is 0 Å². The lowest BCUT2D eigenvalue weighted by Gasteiger charge is -2.10. The summed E-state index contributed by atoms with van der Waals surface area (Å²) in [6.07, 6.45) is 0. The summed E-state index contributed by atoms with van der Waals surface area (Å²) in [7, 11) is 0. The molecule has 5 heteroatoms. The van der Waals surface area contributed by atoms with E-state index in [1.54, 1.807) is 18.2 Å². The van der Waals surface area contributed by atoms with Gasteiger partial charge in [0.25, 0.3) is 0 Å². The number of hydrogen-bond donors (Lipinski definition) is 2. The Morgan fingerprint density at radius 3 is 2.78 bits per heavy atom. The maximum Gasteiger partial charge on any atom is 0.161 e. The van der Waals surface area contributed by atoms with Crippen molar-refractivity contribution in [2.24, 2.45) is 0 Å². The smallest absolute Gasteiger partial charge is 0.161 e. The Morgan fingerprint density at radius 1 is 1.33 bits per heavy atom. The summed E-state index contributed by atoms with van der Waals surface area (Å²) in [5.41, 5.74) is 1.74. The lowest BCUT2D eigenvalue weighted by atomic mass is 10.2. The molecule has 0 fully saturated rings. The molecule has 0 saturated carbocycles. The van der Waals surface area contributed by atoms with E-state index in [9.17, 15) is 5.11 Å². The quantitative estimate of drug-likeness (QED) is 0.831. The predicted octanol–water partition coefficient (Wildman–Crippen LogP) is 3.19. The van der Waals surface area contributed by atoms with Crippen molar-refractivity contribution >= 4 is 28.4 Å². The minimum atomic E-state index is 0.220. The standard InChI is InChI=1S/C13H14IN3O/c1-3-15-13-11(14)8(2)16-12(17-13)9-5-4-6-10(18)7-9/h4-7,18H,3H2,1-2H3,(H,15,16,17). The molecule has 0 bridgehead atoms. The largest absolute Gasteiger partial charge is 0.508 e. The third-order valence-electron chi connectivity index (χ3n) is 2.47. The fourth-order valence-corrected chi connectivity index (χ4v) is 2.05. The van der Waals surface area contributed by atoms with E-state index in [1.165, 1.54) is 0 Å². The summed E-state index contributed by atoms with van der Waals surface area (Å²) in [6, 6.07) is 6.97. The average molecular weight is 355 g/mol. The summed E-state index contributed by atoms with van der Waals surface area (Å²) in [5.74, 6) is 1.68. The lowest BCUT2D eigenvalue weighted by molar-refractivity contribution is 0.475. The highest BCUT2D eigenvalue weighted by Crippen LogP contribution is 2.25. The van der Waals surface area contributed by atoms with Gasteiger partial charge in [-0.1, -0.05) is 12.1 Å².